The molecule has 0 aromatic heterocycles. The summed E-state index contributed by atoms with van der Waals surface area (Å²) >= 11 is 0. The Balaban J connectivity index is 4.58. The van der Waals surface area contributed by atoms with Crippen LogP contribution in [0.1, 0.15) is 40.5 Å². The number of esters is 2. The van der Waals surface area contributed by atoms with Gasteiger partial charge in [-0.15, -0.1) is 0 Å². The lowest BCUT2D eigenvalue weighted by Crippen LogP contribution is -2.33. The van der Waals surface area contributed by atoms with E-state index in [1.165, 1.54) is 0 Å². The fraction of sp³-hybridized carbons (Fsp3) is 0.600. The van der Waals surface area contributed by atoms with Crippen molar-refractivity contribution in [2.45, 2.75) is 40.5 Å². The molecule has 0 unspecified atom stereocenters. The predicted molar refractivity (Wildman–Crippen MR) is 74.6 cm³/mol. The van der Waals surface area contributed by atoms with E-state index in [2.05, 4.69) is 13.2 Å². The monoisotopic (exact) mass is 268 g/mol. The molecule has 19 heavy (non-hydrogen) atoms. The molecule has 0 fully saturated rings. The van der Waals surface area contributed by atoms with Gasteiger partial charge in [0, 0.05) is 16.6 Å². The third kappa shape index (κ3) is 5.73. The van der Waals surface area contributed by atoms with Gasteiger partial charge in [-0.05, 0) is 26.7 Å². The Morgan fingerprint density at radius 1 is 0.895 bits per heavy atom. The third-order valence-corrected chi connectivity index (χ3v) is 3.22. The first-order chi connectivity index (χ1) is 8.78. The maximum atomic E-state index is 11.4. The van der Waals surface area contributed by atoms with Crippen LogP contribution in [0.3, 0.4) is 0 Å². The fourth-order valence-corrected chi connectivity index (χ4v) is 1.38. The SMILES string of the molecule is C=C(C)C(=O)OCC(CC)(CC)COC(=O)C(=C)C. The van der Waals surface area contributed by atoms with E-state index in [0.717, 1.165) is 12.8 Å². The third-order valence-electron chi connectivity index (χ3n) is 3.22. The lowest BCUT2D eigenvalue weighted by Gasteiger charge is -2.30. The quantitative estimate of drug-likeness (QED) is 0.501. The zero-order valence-electron chi connectivity index (χ0n) is 12.4. The molecule has 0 heterocycles. The summed E-state index contributed by atoms with van der Waals surface area (Å²) in [6, 6.07) is 0. The fourth-order valence-electron chi connectivity index (χ4n) is 1.38. The van der Waals surface area contributed by atoms with Crippen LogP contribution in [-0.2, 0) is 19.1 Å². The van der Waals surface area contributed by atoms with Crippen molar-refractivity contribution in [1.82, 2.24) is 0 Å². The number of hydrogen-bond donors (Lipinski definition) is 0. The van der Waals surface area contributed by atoms with Gasteiger partial charge >= 0.3 is 11.9 Å². The van der Waals surface area contributed by atoms with Crippen molar-refractivity contribution in [3.8, 4) is 0 Å². The van der Waals surface area contributed by atoms with Crippen molar-refractivity contribution in [3.63, 3.8) is 0 Å². The van der Waals surface area contributed by atoms with Crippen molar-refractivity contribution < 1.29 is 19.1 Å². The van der Waals surface area contributed by atoms with Crippen LogP contribution >= 0.6 is 0 Å². The number of ether oxygens (including phenoxy) is 2. The van der Waals surface area contributed by atoms with Crippen molar-refractivity contribution in [2.75, 3.05) is 13.2 Å². The molecule has 108 valence electrons. The van der Waals surface area contributed by atoms with Gasteiger partial charge < -0.3 is 9.47 Å². The average molecular weight is 268 g/mol. The van der Waals surface area contributed by atoms with Gasteiger partial charge in [-0.2, -0.15) is 0 Å². The van der Waals surface area contributed by atoms with Crippen molar-refractivity contribution >= 4 is 11.9 Å². The second kappa shape index (κ2) is 7.77. The van der Waals surface area contributed by atoms with Crippen molar-refractivity contribution in [2.24, 2.45) is 5.41 Å². The van der Waals surface area contributed by atoms with E-state index in [1.54, 1.807) is 13.8 Å². The molecule has 4 heteroatoms. The molecule has 0 aliphatic rings. The van der Waals surface area contributed by atoms with Crippen LogP contribution in [0.25, 0.3) is 0 Å². The summed E-state index contributed by atoms with van der Waals surface area (Å²) in [6.07, 6.45) is 1.49. The maximum absolute atomic E-state index is 11.4. The highest BCUT2D eigenvalue weighted by molar-refractivity contribution is 5.87. The number of rotatable bonds is 8. The molecule has 0 radical (unpaired) electrons. The van der Waals surface area contributed by atoms with E-state index >= 15 is 0 Å². The summed E-state index contributed by atoms with van der Waals surface area (Å²) in [4.78, 5) is 22.8. The van der Waals surface area contributed by atoms with Gasteiger partial charge in [0.25, 0.3) is 0 Å². The topological polar surface area (TPSA) is 52.6 Å². The maximum Gasteiger partial charge on any atom is 0.333 e. The van der Waals surface area contributed by atoms with E-state index < -0.39 is 11.9 Å². The van der Waals surface area contributed by atoms with Crippen molar-refractivity contribution in [3.05, 3.63) is 24.3 Å². The van der Waals surface area contributed by atoms with Crippen LogP contribution in [0.15, 0.2) is 24.3 Å². The van der Waals surface area contributed by atoms with Crippen LogP contribution in [0.2, 0.25) is 0 Å². The molecule has 0 aliphatic heterocycles. The number of carbonyl (C=O) groups excluding carboxylic acids is 2. The summed E-state index contributed by atoms with van der Waals surface area (Å²) in [5.74, 6) is -0.838. The Labute approximate surface area is 115 Å². The second-order valence-corrected chi connectivity index (χ2v) is 4.92. The Morgan fingerprint density at radius 3 is 1.42 bits per heavy atom. The highest BCUT2D eigenvalue weighted by Gasteiger charge is 2.30. The molecule has 0 amide bonds. The van der Waals surface area contributed by atoms with Crippen LogP contribution in [0.5, 0.6) is 0 Å². The van der Waals surface area contributed by atoms with E-state index in [1.807, 2.05) is 13.8 Å². The molecule has 0 aromatic rings. The van der Waals surface area contributed by atoms with Gasteiger partial charge in [0.05, 0.1) is 0 Å². The number of carbonyl (C=O) groups is 2. The molecule has 0 saturated heterocycles. The van der Waals surface area contributed by atoms with E-state index in [9.17, 15) is 9.59 Å². The minimum atomic E-state index is -0.419. The van der Waals surface area contributed by atoms with Gasteiger partial charge in [0.15, 0.2) is 0 Å². The molecule has 0 rings (SSSR count). The molecular weight excluding hydrogens is 244 g/mol. The summed E-state index contributed by atoms with van der Waals surface area (Å²) in [5, 5.41) is 0. The summed E-state index contributed by atoms with van der Waals surface area (Å²) in [6.45, 7) is 14.7. The van der Waals surface area contributed by atoms with Crippen LogP contribution in [0, 0.1) is 5.41 Å². The largest absolute Gasteiger partial charge is 0.462 e. The minimum Gasteiger partial charge on any atom is -0.462 e. The molecule has 0 bridgehead atoms. The lowest BCUT2D eigenvalue weighted by atomic mass is 9.84. The first-order valence-electron chi connectivity index (χ1n) is 6.43. The molecule has 0 spiro atoms. The van der Waals surface area contributed by atoms with Gasteiger partial charge in [-0.25, -0.2) is 9.59 Å². The normalized spacial score (nSPS) is 10.7. The Morgan fingerprint density at radius 2 is 1.21 bits per heavy atom. The molecular formula is C15H24O4. The van der Waals surface area contributed by atoms with Crippen molar-refractivity contribution in [1.29, 1.82) is 0 Å². The standard InChI is InChI=1S/C15H24O4/c1-7-15(8-2,9-18-13(16)11(3)4)10-19-14(17)12(5)6/h3,5,7-10H2,1-2,4,6H3. The highest BCUT2D eigenvalue weighted by atomic mass is 16.5. The van der Waals surface area contributed by atoms with E-state index in [4.69, 9.17) is 9.47 Å². The van der Waals surface area contributed by atoms with E-state index in [0.29, 0.717) is 11.1 Å². The molecule has 0 aromatic carbocycles. The van der Waals surface area contributed by atoms with E-state index in [-0.39, 0.29) is 18.6 Å². The zero-order valence-corrected chi connectivity index (χ0v) is 12.4. The Kier molecular flexibility index (Phi) is 7.12. The zero-order chi connectivity index (χ0) is 15.1. The Hall–Kier alpha value is -1.58. The lowest BCUT2D eigenvalue weighted by molar-refractivity contribution is -0.149. The van der Waals surface area contributed by atoms with Gasteiger partial charge in [-0.3, -0.25) is 0 Å². The molecule has 4 nitrogen and oxygen atoms in total. The molecule has 0 N–H and O–H groups in total. The summed E-state index contributed by atoms with van der Waals surface area (Å²) < 4.78 is 10.4. The molecule has 0 atom stereocenters. The second-order valence-electron chi connectivity index (χ2n) is 4.92. The predicted octanol–water partition coefficient (Wildman–Crippen LogP) is 3.03. The highest BCUT2D eigenvalue weighted by Crippen LogP contribution is 2.28. The number of hydrogen-bond acceptors (Lipinski definition) is 4. The van der Waals surface area contributed by atoms with Gasteiger partial charge in [0.1, 0.15) is 13.2 Å². The summed E-state index contributed by atoms with van der Waals surface area (Å²) in [7, 11) is 0. The van der Waals surface area contributed by atoms with Gasteiger partial charge in [-0.1, -0.05) is 27.0 Å². The Bertz CT molecular complexity index is 332. The average Bonchev–Trinajstić information content (AvgIpc) is 2.38. The van der Waals surface area contributed by atoms with Crippen LogP contribution in [-0.4, -0.2) is 25.2 Å². The molecule has 0 saturated carbocycles. The summed E-state index contributed by atoms with van der Waals surface area (Å²) in [5.41, 5.74) is 0.371. The van der Waals surface area contributed by atoms with Crippen LogP contribution in [0.4, 0.5) is 0 Å². The first-order valence-corrected chi connectivity index (χ1v) is 6.43. The minimum absolute atomic E-state index is 0.217. The van der Waals surface area contributed by atoms with Gasteiger partial charge in [0.2, 0.25) is 0 Å². The molecule has 0 aliphatic carbocycles. The van der Waals surface area contributed by atoms with Crippen LogP contribution < -0.4 is 0 Å². The smallest absolute Gasteiger partial charge is 0.333 e. The first kappa shape index (κ1) is 17.4.